The lowest BCUT2D eigenvalue weighted by atomic mass is 10.1. The number of halogens is 2. The molecule has 0 unspecified atom stereocenters. The van der Waals surface area contributed by atoms with Crippen LogP contribution in [-0.2, 0) is 10.0 Å². The van der Waals surface area contributed by atoms with E-state index in [0.29, 0.717) is 11.3 Å². The predicted octanol–water partition coefficient (Wildman–Crippen LogP) is 5.03. The Hall–Kier alpha value is -2.98. The van der Waals surface area contributed by atoms with Crippen LogP contribution >= 0.6 is 23.2 Å². The molecule has 0 fully saturated rings. The van der Waals surface area contributed by atoms with E-state index in [4.69, 9.17) is 29.6 Å². The van der Waals surface area contributed by atoms with E-state index in [-0.39, 0.29) is 26.2 Å². The number of carbonyl (C=O) groups is 1. The molecule has 3 aromatic carbocycles. The molecule has 29 heavy (non-hydrogen) atoms. The monoisotopic (exact) mass is 444 g/mol. The fourth-order valence-electron chi connectivity index (χ4n) is 2.51. The normalized spacial score (nSPS) is 10.8. The highest BCUT2D eigenvalue weighted by atomic mass is 35.5. The molecule has 0 bridgehead atoms. The molecule has 5 nitrogen and oxygen atoms in total. The number of nitrogens with one attached hydrogen (secondary N) is 2. The quantitative estimate of drug-likeness (QED) is 0.541. The Balaban J connectivity index is 1.83. The minimum absolute atomic E-state index is 0.0317. The molecule has 8 heteroatoms. The third-order valence-corrected chi connectivity index (χ3v) is 5.94. The van der Waals surface area contributed by atoms with Gasteiger partial charge in [0, 0.05) is 27.5 Å². The number of benzene rings is 3. The summed E-state index contributed by atoms with van der Waals surface area (Å²) in [6, 6.07) is 17.0. The third kappa shape index (κ3) is 5.09. The van der Waals surface area contributed by atoms with Crippen LogP contribution in [-0.4, -0.2) is 14.3 Å². The van der Waals surface area contributed by atoms with Crippen molar-refractivity contribution in [2.45, 2.75) is 4.90 Å². The van der Waals surface area contributed by atoms with Crippen molar-refractivity contribution in [1.82, 2.24) is 0 Å². The summed E-state index contributed by atoms with van der Waals surface area (Å²) in [5, 5.41) is 2.99. The summed E-state index contributed by atoms with van der Waals surface area (Å²) in [7, 11) is -4.00. The van der Waals surface area contributed by atoms with Crippen LogP contribution < -0.4 is 10.0 Å². The largest absolute Gasteiger partial charge is 0.322 e. The molecule has 146 valence electrons. The van der Waals surface area contributed by atoms with Crippen LogP contribution in [0.3, 0.4) is 0 Å². The van der Waals surface area contributed by atoms with Crippen LogP contribution in [0.5, 0.6) is 0 Å². The zero-order valence-electron chi connectivity index (χ0n) is 14.8. The second-order valence-corrected chi connectivity index (χ2v) is 8.43. The molecule has 0 heterocycles. The Morgan fingerprint density at radius 2 is 1.66 bits per heavy atom. The SMILES string of the molecule is C#Cc1cccc(NC(=O)c2cccc(NS(=O)(=O)c3cc(Cl)ccc3Cl)c2)c1. The lowest BCUT2D eigenvalue weighted by molar-refractivity contribution is 0.102. The van der Waals surface area contributed by atoms with Gasteiger partial charge in [-0.05, 0) is 54.6 Å². The standard InChI is InChI=1S/C21H14Cl2N2O3S/c1-2-14-5-3-7-17(11-14)24-21(26)15-6-4-8-18(12-15)25-29(27,28)20-13-16(22)9-10-19(20)23/h1,3-13,25H,(H,24,26). The Morgan fingerprint density at radius 3 is 2.41 bits per heavy atom. The second kappa shape index (κ2) is 8.58. The first kappa shape index (κ1) is 20.7. The van der Waals surface area contributed by atoms with Gasteiger partial charge < -0.3 is 5.32 Å². The maximum absolute atomic E-state index is 12.6. The van der Waals surface area contributed by atoms with Gasteiger partial charge in [0.05, 0.1) is 5.02 Å². The van der Waals surface area contributed by atoms with E-state index in [1.54, 1.807) is 36.4 Å². The first-order chi connectivity index (χ1) is 13.8. The number of sulfonamides is 1. The lowest BCUT2D eigenvalue weighted by Crippen LogP contribution is -2.15. The van der Waals surface area contributed by atoms with Gasteiger partial charge in [-0.3, -0.25) is 9.52 Å². The Bertz CT molecular complexity index is 1230. The van der Waals surface area contributed by atoms with Crippen molar-refractivity contribution in [3.8, 4) is 12.3 Å². The number of terminal acetylenes is 1. The number of rotatable bonds is 5. The number of hydrogen-bond donors (Lipinski definition) is 2. The number of amides is 1. The maximum Gasteiger partial charge on any atom is 0.263 e. The summed E-state index contributed by atoms with van der Waals surface area (Å²) in [4.78, 5) is 12.4. The van der Waals surface area contributed by atoms with Gasteiger partial charge in [0.2, 0.25) is 0 Å². The van der Waals surface area contributed by atoms with Gasteiger partial charge in [-0.1, -0.05) is 41.3 Å². The van der Waals surface area contributed by atoms with Gasteiger partial charge in [-0.25, -0.2) is 8.42 Å². The van der Waals surface area contributed by atoms with E-state index in [0.717, 1.165) is 0 Å². The second-order valence-electron chi connectivity index (χ2n) is 5.94. The van der Waals surface area contributed by atoms with Gasteiger partial charge >= 0.3 is 0 Å². The summed E-state index contributed by atoms with van der Waals surface area (Å²) >= 11 is 11.9. The van der Waals surface area contributed by atoms with Crippen LogP contribution in [0.2, 0.25) is 10.0 Å². The van der Waals surface area contributed by atoms with Gasteiger partial charge in [0.1, 0.15) is 4.90 Å². The molecule has 0 aliphatic carbocycles. The first-order valence-electron chi connectivity index (χ1n) is 8.24. The van der Waals surface area contributed by atoms with Crippen molar-refractivity contribution in [3.05, 3.63) is 87.9 Å². The number of carbonyl (C=O) groups excluding carboxylic acids is 1. The molecular formula is C21H14Cl2N2O3S. The van der Waals surface area contributed by atoms with Gasteiger partial charge in [-0.2, -0.15) is 0 Å². The lowest BCUT2D eigenvalue weighted by Gasteiger charge is -2.11. The summed E-state index contributed by atoms with van der Waals surface area (Å²) in [6.45, 7) is 0. The molecule has 0 atom stereocenters. The van der Waals surface area contributed by atoms with Crippen molar-refractivity contribution >= 4 is 50.5 Å². The molecule has 0 radical (unpaired) electrons. The molecule has 3 rings (SSSR count). The Kier molecular flexibility index (Phi) is 6.14. The molecule has 0 aliphatic rings. The summed E-state index contributed by atoms with van der Waals surface area (Å²) in [6.07, 6.45) is 5.36. The van der Waals surface area contributed by atoms with Crippen LogP contribution in [0.25, 0.3) is 0 Å². The Morgan fingerprint density at radius 1 is 0.931 bits per heavy atom. The molecule has 1 amide bonds. The minimum atomic E-state index is -4.00. The molecule has 3 aromatic rings. The van der Waals surface area contributed by atoms with E-state index < -0.39 is 15.9 Å². The topological polar surface area (TPSA) is 75.3 Å². The van der Waals surface area contributed by atoms with Crippen molar-refractivity contribution in [3.63, 3.8) is 0 Å². The molecule has 0 spiro atoms. The van der Waals surface area contributed by atoms with Crippen molar-refractivity contribution in [2.75, 3.05) is 10.0 Å². The highest BCUT2D eigenvalue weighted by Gasteiger charge is 2.19. The smallest absolute Gasteiger partial charge is 0.263 e. The molecule has 0 saturated heterocycles. The fourth-order valence-corrected chi connectivity index (χ4v) is 4.32. The number of hydrogen-bond acceptors (Lipinski definition) is 3. The van der Waals surface area contributed by atoms with Crippen LogP contribution in [0, 0.1) is 12.3 Å². The highest BCUT2D eigenvalue weighted by Crippen LogP contribution is 2.27. The maximum atomic E-state index is 12.6. The van der Waals surface area contributed by atoms with E-state index in [1.807, 2.05) is 0 Å². The van der Waals surface area contributed by atoms with Crippen LogP contribution in [0.4, 0.5) is 11.4 Å². The molecule has 0 aromatic heterocycles. The third-order valence-electron chi connectivity index (χ3n) is 3.85. The average Bonchev–Trinajstić information content (AvgIpc) is 2.69. The molecule has 2 N–H and O–H groups in total. The van der Waals surface area contributed by atoms with Crippen LogP contribution in [0.15, 0.2) is 71.6 Å². The zero-order valence-corrected chi connectivity index (χ0v) is 17.1. The van der Waals surface area contributed by atoms with Crippen molar-refractivity contribution in [1.29, 1.82) is 0 Å². The minimum Gasteiger partial charge on any atom is -0.322 e. The van der Waals surface area contributed by atoms with Gasteiger partial charge in [-0.15, -0.1) is 6.42 Å². The first-order valence-corrected chi connectivity index (χ1v) is 10.5. The van der Waals surface area contributed by atoms with Crippen LogP contribution in [0.1, 0.15) is 15.9 Å². The molecule has 0 saturated carbocycles. The summed E-state index contributed by atoms with van der Waals surface area (Å²) in [5.41, 5.74) is 1.62. The zero-order chi connectivity index (χ0) is 21.0. The average molecular weight is 445 g/mol. The number of anilines is 2. The molecule has 0 aliphatic heterocycles. The molecular weight excluding hydrogens is 431 g/mol. The van der Waals surface area contributed by atoms with Crippen molar-refractivity contribution in [2.24, 2.45) is 0 Å². The fraction of sp³-hybridized carbons (Fsp3) is 0. The van der Waals surface area contributed by atoms with E-state index in [9.17, 15) is 13.2 Å². The van der Waals surface area contributed by atoms with E-state index in [1.165, 1.54) is 30.3 Å². The highest BCUT2D eigenvalue weighted by molar-refractivity contribution is 7.92. The van der Waals surface area contributed by atoms with Gasteiger partial charge in [0.15, 0.2) is 0 Å². The Labute approximate surface area is 178 Å². The van der Waals surface area contributed by atoms with E-state index >= 15 is 0 Å². The summed E-state index contributed by atoms with van der Waals surface area (Å²) in [5.74, 6) is 2.08. The van der Waals surface area contributed by atoms with E-state index in [2.05, 4.69) is 16.0 Å². The predicted molar refractivity (Wildman–Crippen MR) is 116 cm³/mol. The van der Waals surface area contributed by atoms with Gasteiger partial charge in [0.25, 0.3) is 15.9 Å². The van der Waals surface area contributed by atoms with Crippen molar-refractivity contribution < 1.29 is 13.2 Å². The summed E-state index contributed by atoms with van der Waals surface area (Å²) < 4.78 is 27.7.